The van der Waals surface area contributed by atoms with E-state index in [1.165, 1.54) is 40.8 Å². The second-order valence-electron chi connectivity index (χ2n) is 7.79. The second kappa shape index (κ2) is 6.38. The van der Waals surface area contributed by atoms with E-state index >= 15 is 0 Å². The average Bonchev–Trinajstić information content (AvgIpc) is 2.91. The van der Waals surface area contributed by atoms with Crippen LogP contribution in [0.3, 0.4) is 0 Å². The van der Waals surface area contributed by atoms with Crippen LogP contribution in [-0.4, -0.2) is 57.9 Å². The van der Waals surface area contributed by atoms with Gasteiger partial charge in [0, 0.05) is 13.5 Å². The van der Waals surface area contributed by atoms with Crippen LogP contribution in [-0.2, 0) is 19.1 Å². The molecule has 2 amide bonds. The van der Waals surface area contributed by atoms with Gasteiger partial charge in [0.2, 0.25) is 5.91 Å². The highest BCUT2D eigenvalue weighted by atomic mass is 33.1. The summed E-state index contributed by atoms with van der Waals surface area (Å²) in [4.78, 5) is 41.9. The Labute approximate surface area is 170 Å². The molecule has 0 N–H and O–H groups in total. The minimum atomic E-state index is -1.19. The van der Waals surface area contributed by atoms with Gasteiger partial charge in [0.1, 0.15) is 11.1 Å². The number of carbonyl (C=O) groups is 3. The van der Waals surface area contributed by atoms with Crippen molar-refractivity contribution in [1.29, 1.82) is 0 Å². The number of hydrogen-bond donors (Lipinski definition) is 0. The molecule has 9 heteroatoms. The zero-order valence-electron chi connectivity index (χ0n) is 16.0. The van der Waals surface area contributed by atoms with Crippen molar-refractivity contribution in [3.8, 4) is 0 Å². The standard InChI is InChI=1S/C19H21FN2O4S2/c1-10-13-15(23)22-14(11-5-7-12(20)8-6-11)18(2,17(25)26-4)9-19(22,28-27-13)16(24)21(10)3/h5-8,10,13-14H,9H2,1-4H3/t10?,13?,14?,18-,19?/m0/s1. The third-order valence-corrected chi connectivity index (χ3v) is 9.60. The molecule has 150 valence electrons. The number of esters is 1. The number of nitrogens with zero attached hydrogens (tertiary/aromatic N) is 2. The first-order valence-corrected chi connectivity index (χ1v) is 11.2. The molecule has 1 aromatic rings. The maximum absolute atomic E-state index is 13.5. The molecule has 6 nitrogen and oxygen atoms in total. The fourth-order valence-electron chi connectivity index (χ4n) is 4.60. The Morgan fingerprint density at radius 3 is 2.54 bits per heavy atom. The summed E-state index contributed by atoms with van der Waals surface area (Å²) in [7, 11) is 5.75. The Balaban J connectivity index is 1.95. The molecule has 0 aliphatic carbocycles. The predicted octanol–water partition coefficient (Wildman–Crippen LogP) is 2.60. The quantitative estimate of drug-likeness (QED) is 0.537. The second-order valence-corrected chi connectivity index (χ2v) is 10.4. The Hall–Kier alpha value is -1.74. The summed E-state index contributed by atoms with van der Waals surface area (Å²) < 4.78 is 18.6. The molecule has 5 atom stereocenters. The minimum Gasteiger partial charge on any atom is -0.469 e. The maximum Gasteiger partial charge on any atom is 0.314 e. The topological polar surface area (TPSA) is 66.9 Å². The molecule has 4 aliphatic heterocycles. The van der Waals surface area contributed by atoms with Crippen LogP contribution in [0.25, 0.3) is 0 Å². The van der Waals surface area contributed by atoms with E-state index in [0.717, 1.165) is 0 Å². The number of carbonyl (C=O) groups excluding carboxylic acids is 3. The summed E-state index contributed by atoms with van der Waals surface area (Å²) in [5, 5.41) is -0.433. The summed E-state index contributed by atoms with van der Waals surface area (Å²) in [5.74, 6) is -1.26. The van der Waals surface area contributed by atoms with Gasteiger partial charge in [-0.3, -0.25) is 14.4 Å². The lowest BCUT2D eigenvalue weighted by molar-refractivity contribution is -0.154. The first-order valence-electron chi connectivity index (χ1n) is 8.96. The minimum absolute atomic E-state index is 0.140. The Morgan fingerprint density at radius 2 is 1.93 bits per heavy atom. The van der Waals surface area contributed by atoms with E-state index in [4.69, 9.17) is 4.74 Å². The zero-order chi connectivity index (χ0) is 20.4. The van der Waals surface area contributed by atoms with Crippen molar-refractivity contribution < 1.29 is 23.5 Å². The van der Waals surface area contributed by atoms with Crippen LogP contribution in [0.1, 0.15) is 31.9 Å². The van der Waals surface area contributed by atoms with E-state index in [9.17, 15) is 18.8 Å². The van der Waals surface area contributed by atoms with Crippen LogP contribution in [0, 0.1) is 11.2 Å². The van der Waals surface area contributed by atoms with E-state index in [1.54, 1.807) is 35.9 Å². The third-order valence-electron chi connectivity index (χ3n) is 6.17. The van der Waals surface area contributed by atoms with E-state index in [2.05, 4.69) is 0 Å². The smallest absolute Gasteiger partial charge is 0.314 e. The summed E-state index contributed by atoms with van der Waals surface area (Å²) in [6, 6.07) is 4.77. The third kappa shape index (κ3) is 2.38. The largest absolute Gasteiger partial charge is 0.469 e. The molecule has 4 fully saturated rings. The highest BCUT2D eigenvalue weighted by Gasteiger charge is 2.72. The molecule has 4 heterocycles. The first-order chi connectivity index (χ1) is 13.2. The highest BCUT2D eigenvalue weighted by Crippen LogP contribution is 2.66. The molecule has 2 bridgehead atoms. The summed E-state index contributed by atoms with van der Waals surface area (Å²) in [6.45, 7) is 3.58. The van der Waals surface area contributed by atoms with Crippen molar-refractivity contribution >= 4 is 39.4 Å². The predicted molar refractivity (Wildman–Crippen MR) is 105 cm³/mol. The molecule has 0 radical (unpaired) electrons. The average molecular weight is 425 g/mol. The fourth-order valence-corrected chi connectivity index (χ4v) is 8.40. The van der Waals surface area contributed by atoms with E-state index in [0.29, 0.717) is 5.56 Å². The molecule has 28 heavy (non-hydrogen) atoms. The van der Waals surface area contributed by atoms with Crippen LogP contribution in [0.2, 0.25) is 0 Å². The van der Waals surface area contributed by atoms with Gasteiger partial charge in [-0.1, -0.05) is 33.7 Å². The number of methoxy groups -OCH3 is 1. The lowest BCUT2D eigenvalue weighted by Crippen LogP contribution is -2.55. The molecule has 4 aliphatic rings. The molecule has 0 saturated carbocycles. The molecule has 5 rings (SSSR count). The van der Waals surface area contributed by atoms with Crippen molar-refractivity contribution in [3.05, 3.63) is 35.6 Å². The Morgan fingerprint density at radius 1 is 1.29 bits per heavy atom. The van der Waals surface area contributed by atoms with Gasteiger partial charge in [-0.15, -0.1) is 0 Å². The fraction of sp³-hybridized carbons (Fsp3) is 0.526. The Kier molecular flexibility index (Phi) is 4.46. The number of ether oxygens (including phenoxy) is 1. The highest BCUT2D eigenvalue weighted by molar-refractivity contribution is 8.77. The zero-order valence-corrected chi connectivity index (χ0v) is 17.6. The first kappa shape index (κ1) is 19.6. The van der Waals surface area contributed by atoms with Crippen molar-refractivity contribution in [2.75, 3.05) is 14.2 Å². The van der Waals surface area contributed by atoms with E-state index in [1.807, 2.05) is 6.92 Å². The van der Waals surface area contributed by atoms with Crippen LogP contribution in [0.5, 0.6) is 0 Å². The van der Waals surface area contributed by atoms with E-state index in [-0.39, 0.29) is 24.3 Å². The number of amides is 2. The number of fused-ring (bicyclic) bond motifs is 3. The molecule has 1 aromatic carbocycles. The summed E-state index contributed by atoms with van der Waals surface area (Å²) in [5.41, 5.74) is -0.525. The van der Waals surface area contributed by atoms with Crippen molar-refractivity contribution in [2.45, 2.75) is 42.5 Å². The SMILES string of the molecule is COC(=O)[C@@]1(C)CC23SSC(C(=O)N2C1c1ccc(F)cc1)C(C)N(C)C3=O. The molecular weight excluding hydrogens is 403 g/mol. The van der Waals surface area contributed by atoms with Crippen LogP contribution >= 0.6 is 21.6 Å². The van der Waals surface area contributed by atoms with Gasteiger partial charge in [0.25, 0.3) is 5.91 Å². The summed E-state index contributed by atoms with van der Waals surface area (Å²) in [6.07, 6.45) is 0.140. The van der Waals surface area contributed by atoms with Crippen molar-refractivity contribution in [3.63, 3.8) is 0 Å². The molecular formula is C19H21FN2O4S2. The lowest BCUT2D eigenvalue weighted by Gasteiger charge is -2.42. The molecule has 4 saturated heterocycles. The summed E-state index contributed by atoms with van der Waals surface area (Å²) >= 11 is 0. The van der Waals surface area contributed by atoms with Crippen molar-refractivity contribution in [1.82, 2.24) is 9.80 Å². The molecule has 4 unspecified atom stereocenters. The van der Waals surface area contributed by atoms with Gasteiger partial charge in [-0.05, 0) is 31.5 Å². The lowest BCUT2D eigenvalue weighted by atomic mass is 9.78. The van der Waals surface area contributed by atoms with Crippen LogP contribution < -0.4 is 0 Å². The molecule has 1 spiro atoms. The number of hydrogen-bond acceptors (Lipinski definition) is 6. The number of halogens is 1. The van der Waals surface area contributed by atoms with Crippen LogP contribution in [0.4, 0.5) is 4.39 Å². The van der Waals surface area contributed by atoms with Crippen LogP contribution in [0.15, 0.2) is 24.3 Å². The van der Waals surface area contributed by atoms with Crippen molar-refractivity contribution in [2.24, 2.45) is 5.41 Å². The Bertz CT molecular complexity index is 866. The van der Waals surface area contributed by atoms with Gasteiger partial charge in [0.15, 0.2) is 4.87 Å². The number of benzene rings is 1. The van der Waals surface area contributed by atoms with E-state index < -0.39 is 33.4 Å². The van der Waals surface area contributed by atoms with Gasteiger partial charge in [-0.25, -0.2) is 4.39 Å². The number of rotatable bonds is 2. The number of likely N-dealkylation sites (N-methyl/N-ethyl adjacent to an activating group) is 1. The molecule has 0 aromatic heterocycles. The van der Waals surface area contributed by atoms with Gasteiger partial charge in [0.05, 0.1) is 24.6 Å². The van der Waals surface area contributed by atoms with Gasteiger partial charge in [-0.2, -0.15) is 0 Å². The normalized spacial score (nSPS) is 37.1. The van der Waals surface area contributed by atoms with Gasteiger partial charge >= 0.3 is 5.97 Å². The maximum atomic E-state index is 13.5. The van der Waals surface area contributed by atoms with Gasteiger partial charge < -0.3 is 14.5 Å². The monoisotopic (exact) mass is 424 g/mol.